The fraction of sp³-hybridized carbons (Fsp3) is 0.650. The van der Waals surface area contributed by atoms with Crippen molar-refractivity contribution >= 4 is 15.9 Å². The minimum Gasteiger partial charge on any atom is -0.349 e. The molecule has 2 aliphatic heterocycles. The molecule has 1 amide bonds. The van der Waals surface area contributed by atoms with Crippen LogP contribution >= 0.6 is 0 Å². The zero-order valence-corrected chi connectivity index (χ0v) is 17.2. The Morgan fingerprint density at radius 3 is 2.30 bits per heavy atom. The molecular formula is C20H31N3O3S. The summed E-state index contributed by atoms with van der Waals surface area (Å²) in [7, 11) is -1.48. The molecule has 3 rings (SSSR count). The van der Waals surface area contributed by atoms with Crippen molar-refractivity contribution in [1.29, 1.82) is 0 Å². The Hall–Kier alpha value is -1.44. The molecule has 1 aromatic carbocycles. The second-order valence-corrected chi connectivity index (χ2v) is 9.76. The monoisotopic (exact) mass is 393 g/mol. The van der Waals surface area contributed by atoms with Gasteiger partial charge in [0, 0.05) is 24.7 Å². The molecule has 0 spiro atoms. The van der Waals surface area contributed by atoms with Gasteiger partial charge < -0.3 is 10.2 Å². The number of hydrogen-bond donors (Lipinski definition) is 1. The highest BCUT2D eigenvalue weighted by atomic mass is 32.2. The van der Waals surface area contributed by atoms with Crippen LogP contribution in [0.25, 0.3) is 0 Å². The SMILES string of the molecule is Cc1ccc(C(=O)NC2CCN(C)CC2)cc1S(=O)(=O)N1CCCCCC1. The summed E-state index contributed by atoms with van der Waals surface area (Å²) in [6.07, 6.45) is 5.79. The quantitative estimate of drug-likeness (QED) is 0.853. The molecular weight excluding hydrogens is 362 g/mol. The second kappa shape index (κ2) is 8.71. The summed E-state index contributed by atoms with van der Waals surface area (Å²) < 4.78 is 27.9. The Morgan fingerprint density at radius 1 is 1.04 bits per heavy atom. The number of amides is 1. The number of piperidine rings is 1. The van der Waals surface area contributed by atoms with Gasteiger partial charge in [0.15, 0.2) is 0 Å². The van der Waals surface area contributed by atoms with Crippen LogP contribution in [-0.4, -0.2) is 62.8 Å². The summed E-state index contributed by atoms with van der Waals surface area (Å²) in [4.78, 5) is 15.2. The van der Waals surface area contributed by atoms with Crippen LogP contribution in [0.1, 0.15) is 54.4 Å². The fourth-order valence-electron chi connectivity index (χ4n) is 3.86. The van der Waals surface area contributed by atoms with Crippen molar-refractivity contribution in [2.45, 2.75) is 56.4 Å². The van der Waals surface area contributed by atoms with Crippen LogP contribution in [0.15, 0.2) is 23.1 Å². The minimum atomic E-state index is -3.57. The zero-order valence-electron chi connectivity index (χ0n) is 16.4. The third kappa shape index (κ3) is 4.89. The van der Waals surface area contributed by atoms with Crippen molar-refractivity contribution < 1.29 is 13.2 Å². The molecule has 150 valence electrons. The summed E-state index contributed by atoms with van der Waals surface area (Å²) >= 11 is 0. The molecule has 0 aromatic heterocycles. The molecule has 0 atom stereocenters. The van der Waals surface area contributed by atoms with E-state index in [0.717, 1.165) is 51.6 Å². The fourth-order valence-corrected chi connectivity index (χ4v) is 5.63. The van der Waals surface area contributed by atoms with Crippen molar-refractivity contribution in [2.24, 2.45) is 0 Å². The Bertz CT molecular complexity index is 763. The van der Waals surface area contributed by atoms with Gasteiger partial charge >= 0.3 is 0 Å². The molecule has 0 saturated carbocycles. The highest BCUT2D eigenvalue weighted by Gasteiger charge is 2.28. The van der Waals surface area contributed by atoms with Gasteiger partial charge in [-0.2, -0.15) is 4.31 Å². The van der Waals surface area contributed by atoms with Crippen molar-refractivity contribution in [3.63, 3.8) is 0 Å². The molecule has 1 N–H and O–H groups in total. The van der Waals surface area contributed by atoms with Crippen molar-refractivity contribution in [3.05, 3.63) is 29.3 Å². The van der Waals surface area contributed by atoms with E-state index in [0.29, 0.717) is 24.2 Å². The normalized spacial score (nSPS) is 21.0. The summed E-state index contributed by atoms with van der Waals surface area (Å²) in [6, 6.07) is 5.18. The number of rotatable bonds is 4. The summed E-state index contributed by atoms with van der Waals surface area (Å²) in [5, 5.41) is 3.07. The van der Waals surface area contributed by atoms with E-state index in [1.54, 1.807) is 29.4 Å². The van der Waals surface area contributed by atoms with Crippen molar-refractivity contribution in [1.82, 2.24) is 14.5 Å². The van der Waals surface area contributed by atoms with Crippen LogP contribution in [0.3, 0.4) is 0 Å². The van der Waals surface area contributed by atoms with E-state index in [2.05, 4.69) is 17.3 Å². The van der Waals surface area contributed by atoms with Gasteiger partial charge in [-0.25, -0.2) is 8.42 Å². The molecule has 2 fully saturated rings. The lowest BCUT2D eigenvalue weighted by Gasteiger charge is -2.29. The average Bonchev–Trinajstić information content (AvgIpc) is 2.94. The van der Waals surface area contributed by atoms with E-state index in [9.17, 15) is 13.2 Å². The van der Waals surface area contributed by atoms with Crippen LogP contribution < -0.4 is 5.32 Å². The first-order chi connectivity index (χ1) is 12.9. The topological polar surface area (TPSA) is 69.7 Å². The summed E-state index contributed by atoms with van der Waals surface area (Å²) in [5.74, 6) is -0.183. The molecule has 0 aliphatic carbocycles. The van der Waals surface area contributed by atoms with Gasteiger partial charge in [0.25, 0.3) is 5.91 Å². The Morgan fingerprint density at radius 2 is 1.67 bits per heavy atom. The lowest BCUT2D eigenvalue weighted by Crippen LogP contribution is -2.43. The van der Waals surface area contributed by atoms with Crippen LogP contribution in [-0.2, 0) is 10.0 Å². The molecule has 0 radical (unpaired) electrons. The van der Waals surface area contributed by atoms with Crippen molar-refractivity contribution in [3.8, 4) is 0 Å². The molecule has 2 aliphatic rings. The molecule has 2 saturated heterocycles. The molecule has 1 aromatic rings. The summed E-state index contributed by atoms with van der Waals surface area (Å²) in [6.45, 7) is 4.85. The number of carbonyl (C=O) groups is 1. The van der Waals surface area contributed by atoms with Gasteiger partial charge in [-0.1, -0.05) is 18.9 Å². The van der Waals surface area contributed by atoms with Crippen LogP contribution in [0.4, 0.5) is 0 Å². The van der Waals surface area contributed by atoms with Gasteiger partial charge in [0.1, 0.15) is 0 Å². The van der Waals surface area contributed by atoms with E-state index in [4.69, 9.17) is 0 Å². The van der Waals surface area contributed by atoms with E-state index in [-0.39, 0.29) is 16.8 Å². The standard InChI is InChI=1S/C20H31N3O3S/c1-16-7-8-17(20(24)21-18-9-13-22(2)14-10-18)15-19(16)27(25,26)23-11-5-3-4-6-12-23/h7-8,15,18H,3-6,9-14H2,1-2H3,(H,21,24). The highest BCUT2D eigenvalue weighted by Crippen LogP contribution is 2.24. The molecule has 2 heterocycles. The third-order valence-corrected chi connectivity index (χ3v) is 7.73. The van der Waals surface area contributed by atoms with E-state index >= 15 is 0 Å². The Kier molecular flexibility index (Phi) is 6.55. The number of benzene rings is 1. The van der Waals surface area contributed by atoms with Crippen molar-refractivity contribution in [2.75, 3.05) is 33.2 Å². The second-order valence-electron chi connectivity index (χ2n) is 7.85. The first-order valence-corrected chi connectivity index (χ1v) is 11.4. The maximum Gasteiger partial charge on any atom is 0.251 e. The molecule has 27 heavy (non-hydrogen) atoms. The Labute approximate surface area is 163 Å². The summed E-state index contributed by atoms with van der Waals surface area (Å²) in [5.41, 5.74) is 1.11. The predicted octanol–water partition coefficient (Wildman–Crippen LogP) is 2.38. The highest BCUT2D eigenvalue weighted by molar-refractivity contribution is 7.89. The predicted molar refractivity (Wildman–Crippen MR) is 106 cm³/mol. The van der Waals surface area contributed by atoms with Crippen LogP contribution in [0.5, 0.6) is 0 Å². The first-order valence-electron chi connectivity index (χ1n) is 9.98. The molecule has 0 unspecified atom stereocenters. The molecule has 7 heteroatoms. The van der Waals surface area contributed by atoms with Crippen LogP contribution in [0.2, 0.25) is 0 Å². The lowest BCUT2D eigenvalue weighted by molar-refractivity contribution is 0.0916. The first kappa shape index (κ1) is 20.3. The smallest absolute Gasteiger partial charge is 0.251 e. The number of nitrogens with zero attached hydrogens (tertiary/aromatic N) is 2. The van der Waals surface area contributed by atoms with Gasteiger partial charge in [-0.15, -0.1) is 0 Å². The number of likely N-dealkylation sites (tertiary alicyclic amines) is 1. The number of carbonyl (C=O) groups excluding carboxylic acids is 1. The number of aryl methyl sites for hydroxylation is 1. The Balaban J connectivity index is 1.78. The van der Waals surface area contributed by atoms with Crippen LogP contribution in [0, 0.1) is 6.92 Å². The van der Waals surface area contributed by atoms with E-state index in [1.165, 1.54) is 0 Å². The van der Waals surface area contributed by atoms with E-state index < -0.39 is 10.0 Å². The maximum atomic E-state index is 13.2. The number of hydrogen-bond acceptors (Lipinski definition) is 4. The minimum absolute atomic E-state index is 0.153. The van der Waals surface area contributed by atoms with Gasteiger partial charge in [0.05, 0.1) is 4.90 Å². The van der Waals surface area contributed by atoms with Gasteiger partial charge in [0.2, 0.25) is 10.0 Å². The maximum absolute atomic E-state index is 13.2. The van der Waals surface area contributed by atoms with Gasteiger partial charge in [-0.05, 0) is 70.4 Å². The molecule has 6 nitrogen and oxygen atoms in total. The van der Waals surface area contributed by atoms with Gasteiger partial charge in [-0.3, -0.25) is 4.79 Å². The van der Waals surface area contributed by atoms with E-state index in [1.807, 2.05) is 0 Å². The largest absolute Gasteiger partial charge is 0.349 e. The zero-order chi connectivity index (χ0) is 19.4. The molecule has 0 bridgehead atoms. The number of nitrogens with one attached hydrogen (secondary N) is 1. The number of sulfonamides is 1. The lowest BCUT2D eigenvalue weighted by atomic mass is 10.0. The average molecular weight is 394 g/mol. The third-order valence-electron chi connectivity index (χ3n) is 5.69.